The number of nitro benzene ring substituents is 1. The van der Waals surface area contributed by atoms with Gasteiger partial charge in [0.15, 0.2) is 5.78 Å². The van der Waals surface area contributed by atoms with E-state index < -0.39 is 16.4 Å². The van der Waals surface area contributed by atoms with E-state index in [0.717, 1.165) is 11.1 Å². The van der Waals surface area contributed by atoms with Crippen LogP contribution < -0.4 is 5.32 Å². The fourth-order valence-electron chi connectivity index (χ4n) is 5.11. The molecular formula is C23H19N3O4S. The van der Waals surface area contributed by atoms with Crippen molar-refractivity contribution in [2.45, 2.75) is 11.5 Å². The number of carbonyl (C=O) groups is 2. The van der Waals surface area contributed by atoms with Gasteiger partial charge in [-0.3, -0.25) is 24.6 Å². The van der Waals surface area contributed by atoms with Gasteiger partial charge in [0.2, 0.25) is 5.91 Å². The molecule has 7 nitrogen and oxygen atoms in total. The lowest BCUT2D eigenvalue weighted by molar-refractivity contribution is -0.384. The van der Waals surface area contributed by atoms with Gasteiger partial charge in [-0.1, -0.05) is 36.4 Å². The van der Waals surface area contributed by atoms with Crippen molar-refractivity contribution in [1.82, 2.24) is 4.90 Å². The number of amides is 1. The average molecular weight is 433 g/mol. The van der Waals surface area contributed by atoms with E-state index in [0.29, 0.717) is 17.1 Å². The molecule has 0 saturated carbocycles. The number of likely N-dealkylation sites (N-methyl/N-ethyl adjacent to an activating group) is 1. The van der Waals surface area contributed by atoms with Crippen LogP contribution in [0.2, 0.25) is 0 Å². The number of benzene rings is 2. The number of non-ortho nitro benzene ring substituents is 1. The zero-order chi connectivity index (χ0) is 21.8. The van der Waals surface area contributed by atoms with Crippen LogP contribution in [0.25, 0.3) is 0 Å². The Morgan fingerprint density at radius 3 is 2.58 bits per heavy atom. The molecule has 2 aliphatic rings. The Balaban J connectivity index is 1.69. The maximum Gasteiger partial charge on any atom is 0.269 e. The Hall–Kier alpha value is -3.36. The zero-order valence-corrected chi connectivity index (χ0v) is 17.5. The van der Waals surface area contributed by atoms with Crippen molar-refractivity contribution in [3.63, 3.8) is 0 Å². The quantitative estimate of drug-likeness (QED) is 0.381. The van der Waals surface area contributed by atoms with Gasteiger partial charge in [0.05, 0.1) is 15.7 Å². The number of para-hydroxylation sites is 1. The smallest absolute Gasteiger partial charge is 0.269 e. The van der Waals surface area contributed by atoms with Crippen molar-refractivity contribution in [2.24, 2.45) is 5.92 Å². The number of likely N-dealkylation sites (tertiary alicyclic amines) is 1. The number of hydrogen-bond acceptors (Lipinski definition) is 6. The van der Waals surface area contributed by atoms with Gasteiger partial charge in [-0.05, 0) is 30.1 Å². The summed E-state index contributed by atoms with van der Waals surface area (Å²) in [5.41, 5.74) is 1.18. The Kier molecular flexibility index (Phi) is 4.49. The highest BCUT2D eigenvalue weighted by molar-refractivity contribution is 7.12. The summed E-state index contributed by atoms with van der Waals surface area (Å²) in [4.78, 5) is 40.5. The summed E-state index contributed by atoms with van der Waals surface area (Å²) in [6, 6.07) is 17.4. The van der Waals surface area contributed by atoms with E-state index in [1.165, 1.54) is 23.5 Å². The molecule has 3 heterocycles. The lowest BCUT2D eigenvalue weighted by Crippen LogP contribution is -2.51. The van der Waals surface area contributed by atoms with E-state index in [-0.39, 0.29) is 23.3 Å². The summed E-state index contributed by atoms with van der Waals surface area (Å²) in [6.07, 6.45) is 0. The minimum Gasteiger partial charge on any atom is -0.324 e. The van der Waals surface area contributed by atoms with Gasteiger partial charge in [-0.15, -0.1) is 11.3 Å². The molecule has 0 bridgehead atoms. The van der Waals surface area contributed by atoms with Crippen LogP contribution in [-0.4, -0.2) is 35.1 Å². The molecule has 1 fully saturated rings. The van der Waals surface area contributed by atoms with Crippen molar-refractivity contribution in [2.75, 3.05) is 18.9 Å². The molecule has 1 saturated heterocycles. The first-order chi connectivity index (χ1) is 14.9. The monoisotopic (exact) mass is 433 g/mol. The van der Waals surface area contributed by atoms with E-state index in [9.17, 15) is 19.7 Å². The molecule has 0 aliphatic carbocycles. The van der Waals surface area contributed by atoms with Crippen molar-refractivity contribution >= 4 is 34.4 Å². The number of rotatable bonds is 4. The number of fused-ring (bicyclic) bond motifs is 2. The van der Waals surface area contributed by atoms with E-state index in [1.807, 2.05) is 47.7 Å². The highest BCUT2D eigenvalue weighted by Crippen LogP contribution is 2.55. The first-order valence-corrected chi connectivity index (χ1v) is 10.8. The molecule has 0 radical (unpaired) electrons. The van der Waals surface area contributed by atoms with Crippen LogP contribution in [0.15, 0.2) is 66.0 Å². The molecule has 1 spiro atoms. The third kappa shape index (κ3) is 2.75. The van der Waals surface area contributed by atoms with Crippen molar-refractivity contribution in [3.05, 3.63) is 92.2 Å². The SMILES string of the molecule is CN1C[C@H](c2ccc([N+](=O)[O-])cc2)[C@@H](C(=O)c2cccs2)[C@]12C(=O)Nc1ccccc12. The number of ketones is 1. The number of nitro groups is 1. The van der Waals surface area contributed by atoms with Gasteiger partial charge >= 0.3 is 0 Å². The molecule has 3 atom stereocenters. The number of Topliss-reactive ketones (excluding diaryl/α,β-unsaturated/α-hetero) is 1. The molecule has 8 heteroatoms. The third-order valence-electron chi connectivity index (χ3n) is 6.44. The molecule has 0 unspecified atom stereocenters. The van der Waals surface area contributed by atoms with Crippen molar-refractivity contribution < 1.29 is 14.5 Å². The lowest BCUT2D eigenvalue weighted by atomic mass is 9.71. The number of carbonyl (C=O) groups excluding carboxylic acids is 2. The van der Waals surface area contributed by atoms with Gasteiger partial charge < -0.3 is 5.32 Å². The van der Waals surface area contributed by atoms with E-state index in [2.05, 4.69) is 5.32 Å². The van der Waals surface area contributed by atoms with Crippen LogP contribution in [0, 0.1) is 16.0 Å². The van der Waals surface area contributed by atoms with E-state index in [4.69, 9.17) is 0 Å². The van der Waals surface area contributed by atoms with Gasteiger partial charge in [-0.2, -0.15) is 0 Å². The number of nitrogens with zero attached hydrogens (tertiary/aromatic N) is 2. The normalized spacial score (nSPS) is 24.9. The van der Waals surface area contributed by atoms with Crippen molar-refractivity contribution in [3.8, 4) is 0 Å². The standard InChI is InChI=1S/C23H19N3O4S/c1-25-13-16(14-8-10-15(11-9-14)26(29)30)20(21(27)19-7-4-12-31-19)23(25)17-5-2-3-6-18(17)24-22(23)28/h2-12,16,20H,13H2,1H3,(H,24,28)/t16-,20+,23-/m1/s1. The van der Waals surface area contributed by atoms with Crippen LogP contribution in [0.5, 0.6) is 0 Å². The van der Waals surface area contributed by atoms with Crippen LogP contribution in [0.1, 0.15) is 26.7 Å². The molecule has 3 aromatic rings. The topological polar surface area (TPSA) is 92.5 Å². The van der Waals surface area contributed by atoms with Crippen LogP contribution in [0.3, 0.4) is 0 Å². The highest BCUT2D eigenvalue weighted by Gasteiger charge is 2.64. The molecule has 1 N–H and O–H groups in total. The Labute approximate surface area is 182 Å². The minimum absolute atomic E-state index is 0.00472. The fraction of sp³-hybridized carbons (Fsp3) is 0.217. The number of anilines is 1. The Bertz CT molecular complexity index is 1190. The summed E-state index contributed by atoms with van der Waals surface area (Å²) in [6.45, 7) is 0.474. The largest absolute Gasteiger partial charge is 0.324 e. The maximum atomic E-state index is 13.8. The van der Waals surface area contributed by atoms with Gasteiger partial charge in [0.25, 0.3) is 5.69 Å². The maximum absolute atomic E-state index is 13.8. The summed E-state index contributed by atoms with van der Waals surface area (Å²) in [5, 5.41) is 15.9. The second kappa shape index (κ2) is 7.11. The number of thiophene rings is 1. The molecule has 156 valence electrons. The molecule has 31 heavy (non-hydrogen) atoms. The van der Waals surface area contributed by atoms with Gasteiger partial charge in [0.1, 0.15) is 5.54 Å². The van der Waals surface area contributed by atoms with Crippen LogP contribution in [-0.2, 0) is 10.3 Å². The fourth-order valence-corrected chi connectivity index (χ4v) is 5.81. The van der Waals surface area contributed by atoms with E-state index >= 15 is 0 Å². The molecule has 2 aromatic carbocycles. The van der Waals surface area contributed by atoms with Gasteiger partial charge in [0, 0.05) is 35.8 Å². The highest BCUT2D eigenvalue weighted by atomic mass is 32.1. The molecule has 5 rings (SSSR count). The lowest BCUT2D eigenvalue weighted by Gasteiger charge is -2.35. The molecule has 1 amide bonds. The van der Waals surface area contributed by atoms with E-state index in [1.54, 1.807) is 18.2 Å². The molecule has 1 aromatic heterocycles. The minimum atomic E-state index is -1.13. The summed E-state index contributed by atoms with van der Waals surface area (Å²) in [7, 11) is 1.86. The number of nitrogens with one attached hydrogen (secondary N) is 1. The first kappa shape index (κ1) is 19.6. The van der Waals surface area contributed by atoms with Crippen LogP contribution >= 0.6 is 11.3 Å². The summed E-state index contributed by atoms with van der Waals surface area (Å²) < 4.78 is 0. The van der Waals surface area contributed by atoms with Gasteiger partial charge in [-0.25, -0.2) is 0 Å². The predicted octanol–water partition coefficient (Wildman–Crippen LogP) is 4.03. The van der Waals surface area contributed by atoms with Crippen LogP contribution in [0.4, 0.5) is 11.4 Å². The molecule has 2 aliphatic heterocycles. The Morgan fingerprint density at radius 1 is 1.16 bits per heavy atom. The van der Waals surface area contributed by atoms with Crippen molar-refractivity contribution in [1.29, 1.82) is 0 Å². The second-order valence-corrected chi connectivity index (χ2v) is 8.87. The summed E-state index contributed by atoms with van der Waals surface area (Å²) in [5.74, 6) is -1.26. The molecular weight excluding hydrogens is 414 g/mol. The average Bonchev–Trinajstić information content (AvgIpc) is 3.47. The summed E-state index contributed by atoms with van der Waals surface area (Å²) >= 11 is 1.36. The first-order valence-electron chi connectivity index (χ1n) is 9.89. The predicted molar refractivity (Wildman–Crippen MR) is 117 cm³/mol. The second-order valence-electron chi connectivity index (χ2n) is 7.92. The zero-order valence-electron chi connectivity index (χ0n) is 16.6. The Morgan fingerprint density at radius 2 is 1.90 bits per heavy atom. The number of hydrogen-bond donors (Lipinski definition) is 1. The third-order valence-corrected chi connectivity index (χ3v) is 7.32.